The number of alkyl halides is 3. The molecule has 0 N–H and O–H groups in total. The lowest BCUT2D eigenvalue weighted by atomic mass is 10.2. The number of pyridine rings is 1. The molecule has 0 saturated carbocycles. The van der Waals surface area contributed by atoms with Gasteiger partial charge in [0.25, 0.3) is 0 Å². The molecular weight excluding hydrogens is 381 g/mol. The number of hydrogen-bond donors (Lipinski definition) is 0. The zero-order chi connectivity index (χ0) is 17.5. The second-order valence-electron chi connectivity index (χ2n) is 5.37. The number of nitrogens with zero attached hydrogens (tertiary/aromatic N) is 4. The van der Waals surface area contributed by atoms with Gasteiger partial charge >= 0.3 is 6.18 Å². The summed E-state index contributed by atoms with van der Waals surface area (Å²) in [5.41, 5.74) is 0.231. The molecule has 4 nitrogen and oxygen atoms in total. The van der Waals surface area contributed by atoms with Crippen molar-refractivity contribution >= 4 is 40.3 Å². The third-order valence-corrected chi connectivity index (χ3v) is 5.62. The fraction of sp³-hybridized carbons (Fsp3) is 0.357. The number of thiazole rings is 1. The van der Waals surface area contributed by atoms with E-state index in [4.69, 9.17) is 11.6 Å². The van der Waals surface area contributed by atoms with Gasteiger partial charge in [0.05, 0.1) is 21.3 Å². The fourth-order valence-electron chi connectivity index (χ4n) is 1.98. The van der Waals surface area contributed by atoms with E-state index in [9.17, 15) is 13.2 Å². The second-order valence-corrected chi connectivity index (χ2v) is 7.61. The smallest absolute Gasteiger partial charge is 0.276 e. The Morgan fingerprint density at radius 3 is 2.71 bits per heavy atom. The van der Waals surface area contributed by atoms with Crippen LogP contribution in [0.25, 0.3) is 5.65 Å². The molecule has 3 aromatic heterocycles. The molecule has 0 unspecified atom stereocenters. The number of aromatic nitrogens is 4. The number of thioether (sulfide) groups is 1. The quantitative estimate of drug-likeness (QED) is 0.567. The number of hydrogen-bond acceptors (Lipinski definition) is 5. The van der Waals surface area contributed by atoms with Crippen LogP contribution < -0.4 is 0 Å². The van der Waals surface area contributed by atoms with Crippen LogP contribution >= 0.6 is 34.7 Å². The van der Waals surface area contributed by atoms with E-state index in [1.165, 1.54) is 16.2 Å². The normalized spacial score (nSPS) is 12.5. The second kappa shape index (κ2) is 6.53. The van der Waals surface area contributed by atoms with Crippen molar-refractivity contribution in [2.24, 2.45) is 0 Å². The van der Waals surface area contributed by atoms with Crippen molar-refractivity contribution in [3.8, 4) is 0 Å². The highest BCUT2D eigenvalue weighted by atomic mass is 35.5. The van der Waals surface area contributed by atoms with Gasteiger partial charge in [-0.2, -0.15) is 13.2 Å². The van der Waals surface area contributed by atoms with E-state index in [1.54, 1.807) is 11.3 Å². The zero-order valence-corrected chi connectivity index (χ0v) is 15.0. The predicted molar refractivity (Wildman–Crippen MR) is 88.8 cm³/mol. The molecule has 0 fully saturated rings. The van der Waals surface area contributed by atoms with E-state index < -0.39 is 11.7 Å². The highest BCUT2D eigenvalue weighted by molar-refractivity contribution is 7.98. The lowest BCUT2D eigenvalue weighted by Crippen LogP contribution is -2.07. The van der Waals surface area contributed by atoms with Crippen LogP contribution in [0.3, 0.4) is 0 Å². The van der Waals surface area contributed by atoms with Crippen molar-refractivity contribution in [1.82, 2.24) is 19.6 Å². The first-order chi connectivity index (χ1) is 11.3. The third-order valence-electron chi connectivity index (χ3n) is 3.17. The zero-order valence-electron chi connectivity index (χ0n) is 12.6. The molecule has 24 heavy (non-hydrogen) atoms. The minimum atomic E-state index is -4.48. The van der Waals surface area contributed by atoms with E-state index in [1.807, 2.05) is 5.38 Å². The van der Waals surface area contributed by atoms with E-state index in [0.717, 1.165) is 23.0 Å². The van der Waals surface area contributed by atoms with Gasteiger partial charge in [-0.05, 0) is 6.07 Å². The average Bonchev–Trinajstić information content (AvgIpc) is 3.10. The van der Waals surface area contributed by atoms with Gasteiger partial charge in [0.2, 0.25) is 0 Å². The van der Waals surface area contributed by atoms with Crippen LogP contribution in [0.5, 0.6) is 0 Å². The van der Waals surface area contributed by atoms with Crippen molar-refractivity contribution in [3.63, 3.8) is 0 Å². The third kappa shape index (κ3) is 3.52. The van der Waals surface area contributed by atoms with Crippen LogP contribution in [0.1, 0.15) is 36.0 Å². The van der Waals surface area contributed by atoms with Crippen LogP contribution in [0, 0.1) is 0 Å². The molecule has 0 radical (unpaired) electrons. The van der Waals surface area contributed by atoms with E-state index in [-0.39, 0.29) is 10.7 Å². The molecule has 0 amide bonds. The van der Waals surface area contributed by atoms with Crippen LogP contribution in [0.4, 0.5) is 13.2 Å². The fourth-order valence-corrected chi connectivity index (χ4v) is 3.97. The molecule has 0 spiro atoms. The maximum Gasteiger partial charge on any atom is 0.417 e. The molecule has 0 bridgehead atoms. The Balaban J connectivity index is 1.87. The van der Waals surface area contributed by atoms with Gasteiger partial charge in [-0.25, -0.2) is 4.98 Å². The monoisotopic (exact) mass is 392 g/mol. The van der Waals surface area contributed by atoms with E-state index in [2.05, 4.69) is 29.0 Å². The number of rotatable bonds is 4. The van der Waals surface area contributed by atoms with Crippen molar-refractivity contribution in [3.05, 3.63) is 38.9 Å². The van der Waals surface area contributed by atoms with Gasteiger partial charge in [-0.15, -0.1) is 21.5 Å². The van der Waals surface area contributed by atoms with Gasteiger partial charge < -0.3 is 0 Å². The van der Waals surface area contributed by atoms with Crippen LogP contribution in [0.15, 0.2) is 22.8 Å². The summed E-state index contributed by atoms with van der Waals surface area (Å²) < 4.78 is 40.1. The molecule has 0 saturated heterocycles. The summed E-state index contributed by atoms with van der Waals surface area (Å²) in [4.78, 5) is 4.50. The Kier molecular flexibility index (Phi) is 4.76. The minimum Gasteiger partial charge on any atom is -0.276 e. The van der Waals surface area contributed by atoms with Crippen LogP contribution in [0.2, 0.25) is 5.02 Å². The van der Waals surface area contributed by atoms with Gasteiger partial charge in [0, 0.05) is 23.2 Å². The summed E-state index contributed by atoms with van der Waals surface area (Å²) in [5.74, 6) is 0.841. The Hall–Kier alpha value is -1.32. The standard InChI is InChI=1S/C14H12ClF3N4S2/c1-7(2)12-19-9(5-23-12)6-24-13-21-20-11-10(15)3-8(4-22(11)13)14(16,17)18/h3-5,7H,6H2,1-2H3. The van der Waals surface area contributed by atoms with Gasteiger partial charge in [-0.3, -0.25) is 4.40 Å². The lowest BCUT2D eigenvalue weighted by molar-refractivity contribution is -0.137. The van der Waals surface area contributed by atoms with Crippen LogP contribution in [-0.2, 0) is 11.9 Å². The minimum absolute atomic E-state index is 0.0834. The maximum absolute atomic E-state index is 12.9. The van der Waals surface area contributed by atoms with Gasteiger partial charge in [0.15, 0.2) is 10.8 Å². The highest BCUT2D eigenvalue weighted by Crippen LogP contribution is 2.33. The molecule has 3 aromatic rings. The maximum atomic E-state index is 12.9. The van der Waals surface area contributed by atoms with Crippen molar-refractivity contribution in [2.45, 2.75) is 36.9 Å². The number of fused-ring (bicyclic) bond motifs is 1. The summed E-state index contributed by atoms with van der Waals surface area (Å²) in [7, 11) is 0. The predicted octanol–water partition coefficient (Wildman–Crippen LogP) is 5.27. The van der Waals surface area contributed by atoms with Crippen molar-refractivity contribution in [2.75, 3.05) is 0 Å². The molecule has 10 heteroatoms. The van der Waals surface area contributed by atoms with Gasteiger partial charge in [-0.1, -0.05) is 37.2 Å². The molecule has 0 aliphatic heterocycles. The summed E-state index contributed by atoms with van der Waals surface area (Å²) in [6.07, 6.45) is -3.52. The summed E-state index contributed by atoms with van der Waals surface area (Å²) in [5, 5.41) is 11.0. The topological polar surface area (TPSA) is 43.1 Å². The van der Waals surface area contributed by atoms with E-state index >= 15 is 0 Å². The van der Waals surface area contributed by atoms with Crippen molar-refractivity contribution in [1.29, 1.82) is 0 Å². The lowest BCUT2D eigenvalue weighted by Gasteiger charge is -2.08. The highest BCUT2D eigenvalue weighted by Gasteiger charge is 2.32. The molecule has 0 aromatic carbocycles. The Bertz CT molecular complexity index is 873. The molecular formula is C14H12ClF3N4S2. The average molecular weight is 393 g/mol. The first kappa shape index (κ1) is 17.5. The molecule has 3 rings (SSSR count). The summed E-state index contributed by atoms with van der Waals surface area (Å²) >= 11 is 8.73. The Labute approximate surface area is 149 Å². The number of halogens is 4. The largest absolute Gasteiger partial charge is 0.417 e. The van der Waals surface area contributed by atoms with E-state index in [0.29, 0.717) is 16.8 Å². The first-order valence-corrected chi connectivity index (χ1v) is 9.18. The summed E-state index contributed by atoms with van der Waals surface area (Å²) in [6, 6.07) is 0.857. The van der Waals surface area contributed by atoms with Crippen LogP contribution in [-0.4, -0.2) is 19.6 Å². The SMILES string of the molecule is CC(C)c1nc(CSc2nnc3c(Cl)cc(C(F)(F)F)cn23)cs1. The Morgan fingerprint density at radius 1 is 1.33 bits per heavy atom. The molecule has 0 atom stereocenters. The molecule has 0 aliphatic carbocycles. The summed E-state index contributed by atoms with van der Waals surface area (Å²) in [6.45, 7) is 4.12. The Morgan fingerprint density at radius 2 is 2.08 bits per heavy atom. The first-order valence-electron chi connectivity index (χ1n) is 6.94. The molecule has 3 heterocycles. The van der Waals surface area contributed by atoms with Crippen molar-refractivity contribution < 1.29 is 13.2 Å². The van der Waals surface area contributed by atoms with Gasteiger partial charge in [0.1, 0.15) is 0 Å². The molecule has 128 valence electrons. The molecule has 0 aliphatic rings.